The van der Waals surface area contributed by atoms with E-state index < -0.39 is 54.2 Å². The van der Waals surface area contributed by atoms with E-state index in [-0.39, 0.29) is 18.8 Å². The molecule has 0 aromatic rings. The Morgan fingerprint density at radius 2 is 1.50 bits per heavy atom. The Hall–Kier alpha value is -2.69. The zero-order valence-corrected chi connectivity index (χ0v) is 14.7. The molecule has 0 aliphatic rings. The minimum Gasteiger partial charge on any atom is -0.481 e. The van der Waals surface area contributed by atoms with Crippen LogP contribution in [0.3, 0.4) is 0 Å². The van der Waals surface area contributed by atoms with Crippen molar-refractivity contribution in [1.82, 2.24) is 10.6 Å². The van der Waals surface area contributed by atoms with Crippen LogP contribution in [0, 0.1) is 5.92 Å². The smallest absolute Gasteiger partial charge is 0.326 e. The highest BCUT2D eigenvalue weighted by Crippen LogP contribution is 2.05. The standard InChI is InChI=1S/C15H26N4O7/c1-7(2)5-8(16)13(23)19-10(6-12(21)22)14(24)18-9(15(25)26)3-4-11(17)20/h7-10H,3-6,16H2,1-2H3,(H2,17,20)(H,18,24)(H,19,23)(H,21,22)(H,25,26)/t8-,9-,10-/m0/s1. The maximum absolute atomic E-state index is 12.2. The summed E-state index contributed by atoms with van der Waals surface area (Å²) in [5.74, 6) is -5.16. The maximum Gasteiger partial charge on any atom is 0.326 e. The third kappa shape index (κ3) is 9.57. The molecule has 0 saturated carbocycles. The van der Waals surface area contributed by atoms with Crippen molar-refractivity contribution in [2.45, 2.75) is 57.7 Å². The molecular weight excluding hydrogens is 348 g/mol. The summed E-state index contributed by atoms with van der Waals surface area (Å²) in [6.07, 6.45) is -0.985. The highest BCUT2D eigenvalue weighted by molar-refractivity contribution is 5.94. The van der Waals surface area contributed by atoms with Crippen LogP contribution in [0.4, 0.5) is 0 Å². The van der Waals surface area contributed by atoms with Gasteiger partial charge in [0.15, 0.2) is 0 Å². The molecule has 0 aliphatic carbocycles. The summed E-state index contributed by atoms with van der Waals surface area (Å²) in [4.78, 5) is 57.1. The largest absolute Gasteiger partial charge is 0.481 e. The minimum atomic E-state index is -1.51. The summed E-state index contributed by atoms with van der Waals surface area (Å²) in [6, 6.07) is -3.90. The van der Waals surface area contributed by atoms with Crippen molar-refractivity contribution in [2.75, 3.05) is 0 Å². The van der Waals surface area contributed by atoms with E-state index in [1.54, 1.807) is 0 Å². The van der Waals surface area contributed by atoms with Gasteiger partial charge in [-0.05, 0) is 18.8 Å². The lowest BCUT2D eigenvalue weighted by Crippen LogP contribution is -2.55. The lowest BCUT2D eigenvalue weighted by molar-refractivity contribution is -0.143. The Balaban J connectivity index is 5.05. The van der Waals surface area contributed by atoms with Crippen molar-refractivity contribution in [1.29, 1.82) is 0 Å². The third-order valence-electron chi connectivity index (χ3n) is 3.37. The Morgan fingerprint density at radius 1 is 0.962 bits per heavy atom. The Labute approximate surface area is 150 Å². The van der Waals surface area contributed by atoms with Gasteiger partial charge in [0.05, 0.1) is 12.5 Å². The molecule has 0 fully saturated rings. The van der Waals surface area contributed by atoms with E-state index in [2.05, 4.69) is 10.6 Å². The van der Waals surface area contributed by atoms with Gasteiger partial charge in [-0.3, -0.25) is 19.2 Å². The van der Waals surface area contributed by atoms with Crippen LogP contribution in [0.25, 0.3) is 0 Å². The van der Waals surface area contributed by atoms with Gasteiger partial charge in [0.2, 0.25) is 17.7 Å². The number of hydrogen-bond donors (Lipinski definition) is 6. The Bertz CT molecular complexity index is 550. The summed E-state index contributed by atoms with van der Waals surface area (Å²) >= 11 is 0. The van der Waals surface area contributed by atoms with Crippen LogP contribution in [-0.2, 0) is 24.0 Å². The van der Waals surface area contributed by atoms with Crippen LogP contribution in [0.2, 0.25) is 0 Å². The molecule has 148 valence electrons. The van der Waals surface area contributed by atoms with E-state index in [1.165, 1.54) is 0 Å². The molecule has 26 heavy (non-hydrogen) atoms. The fraction of sp³-hybridized carbons (Fsp3) is 0.667. The van der Waals surface area contributed by atoms with Crippen LogP contribution in [-0.4, -0.2) is 58.0 Å². The molecule has 0 rings (SSSR count). The SMILES string of the molecule is CC(C)C[C@H](N)C(=O)N[C@@H](CC(=O)O)C(=O)N[C@@H](CCC(N)=O)C(=O)O. The topological polar surface area (TPSA) is 202 Å². The molecule has 11 heteroatoms. The first-order valence-corrected chi connectivity index (χ1v) is 8.03. The molecule has 0 spiro atoms. The van der Waals surface area contributed by atoms with Gasteiger partial charge in [0.1, 0.15) is 12.1 Å². The summed E-state index contributed by atoms with van der Waals surface area (Å²) in [5.41, 5.74) is 10.6. The van der Waals surface area contributed by atoms with Gasteiger partial charge in [-0.25, -0.2) is 4.79 Å². The molecule has 0 aliphatic heterocycles. The van der Waals surface area contributed by atoms with Crippen LogP contribution >= 0.6 is 0 Å². The highest BCUT2D eigenvalue weighted by atomic mass is 16.4. The Morgan fingerprint density at radius 3 is 1.92 bits per heavy atom. The number of carbonyl (C=O) groups excluding carboxylic acids is 3. The molecular formula is C15H26N4O7. The molecule has 3 atom stereocenters. The van der Waals surface area contributed by atoms with Gasteiger partial charge >= 0.3 is 11.9 Å². The average Bonchev–Trinajstić information content (AvgIpc) is 2.48. The van der Waals surface area contributed by atoms with Crippen molar-refractivity contribution >= 4 is 29.7 Å². The zero-order valence-electron chi connectivity index (χ0n) is 14.7. The highest BCUT2D eigenvalue weighted by Gasteiger charge is 2.29. The predicted molar refractivity (Wildman–Crippen MR) is 89.6 cm³/mol. The molecule has 0 bridgehead atoms. The molecule has 11 nitrogen and oxygen atoms in total. The lowest BCUT2D eigenvalue weighted by atomic mass is 10.0. The summed E-state index contributed by atoms with van der Waals surface area (Å²) in [7, 11) is 0. The van der Waals surface area contributed by atoms with Gasteiger partial charge in [-0.15, -0.1) is 0 Å². The molecule has 0 aromatic carbocycles. The third-order valence-corrected chi connectivity index (χ3v) is 3.37. The number of rotatable bonds is 12. The van der Waals surface area contributed by atoms with E-state index in [0.29, 0.717) is 6.42 Å². The van der Waals surface area contributed by atoms with Gasteiger partial charge in [0, 0.05) is 6.42 Å². The molecule has 0 aromatic heterocycles. The molecule has 0 heterocycles. The van der Waals surface area contributed by atoms with Crippen molar-refractivity contribution in [3.05, 3.63) is 0 Å². The second-order valence-corrected chi connectivity index (χ2v) is 6.30. The Kier molecular flexibility index (Phi) is 9.89. The normalized spacial score (nSPS) is 14.2. The van der Waals surface area contributed by atoms with Crippen molar-refractivity contribution in [2.24, 2.45) is 17.4 Å². The van der Waals surface area contributed by atoms with E-state index in [1.807, 2.05) is 13.8 Å². The van der Waals surface area contributed by atoms with Crippen molar-refractivity contribution in [3.63, 3.8) is 0 Å². The second-order valence-electron chi connectivity index (χ2n) is 6.30. The molecule has 0 saturated heterocycles. The second kappa shape index (κ2) is 11.0. The first-order chi connectivity index (χ1) is 11.9. The van der Waals surface area contributed by atoms with Crippen LogP contribution in [0.15, 0.2) is 0 Å². The number of carbonyl (C=O) groups is 5. The summed E-state index contributed by atoms with van der Waals surface area (Å²) in [6.45, 7) is 3.68. The number of carboxylic acids is 2. The van der Waals surface area contributed by atoms with Gasteiger partial charge in [-0.2, -0.15) is 0 Å². The van der Waals surface area contributed by atoms with Crippen LogP contribution in [0.5, 0.6) is 0 Å². The number of aliphatic carboxylic acids is 2. The van der Waals surface area contributed by atoms with Crippen LogP contribution < -0.4 is 22.1 Å². The maximum atomic E-state index is 12.2. The van der Waals surface area contributed by atoms with Crippen LogP contribution in [0.1, 0.15) is 39.5 Å². The zero-order chi connectivity index (χ0) is 20.4. The van der Waals surface area contributed by atoms with Crippen molar-refractivity contribution in [3.8, 4) is 0 Å². The minimum absolute atomic E-state index is 0.104. The van der Waals surface area contributed by atoms with E-state index >= 15 is 0 Å². The first kappa shape index (κ1) is 23.3. The van der Waals surface area contributed by atoms with Gasteiger partial charge in [0.25, 0.3) is 0 Å². The van der Waals surface area contributed by atoms with Gasteiger partial charge < -0.3 is 32.3 Å². The van der Waals surface area contributed by atoms with Gasteiger partial charge in [-0.1, -0.05) is 13.8 Å². The fourth-order valence-electron chi connectivity index (χ4n) is 2.09. The number of hydrogen-bond acceptors (Lipinski definition) is 6. The number of nitrogens with two attached hydrogens (primary N) is 2. The first-order valence-electron chi connectivity index (χ1n) is 8.03. The molecule has 3 amide bonds. The quantitative estimate of drug-likeness (QED) is 0.228. The number of amides is 3. The monoisotopic (exact) mass is 374 g/mol. The van der Waals surface area contributed by atoms with E-state index in [0.717, 1.165) is 0 Å². The van der Waals surface area contributed by atoms with E-state index in [9.17, 15) is 24.0 Å². The molecule has 0 unspecified atom stereocenters. The molecule has 8 N–H and O–H groups in total. The number of primary amides is 1. The lowest BCUT2D eigenvalue weighted by Gasteiger charge is -2.22. The summed E-state index contributed by atoms with van der Waals surface area (Å²) < 4.78 is 0. The van der Waals surface area contributed by atoms with E-state index in [4.69, 9.17) is 21.7 Å². The predicted octanol–water partition coefficient (Wildman–Crippen LogP) is -1.85. The number of carboxylic acid groups (broad SMARTS) is 2. The average molecular weight is 374 g/mol. The fourth-order valence-corrected chi connectivity index (χ4v) is 2.09. The molecule has 0 radical (unpaired) electrons. The summed E-state index contributed by atoms with van der Waals surface area (Å²) in [5, 5.41) is 22.3. The van der Waals surface area contributed by atoms with Crippen molar-refractivity contribution < 1.29 is 34.2 Å². The number of nitrogens with one attached hydrogen (secondary N) is 2.